The number of pyridine rings is 1. The first-order valence-corrected chi connectivity index (χ1v) is 10.5. The number of carbonyl (C=O) groups is 1. The van der Waals surface area contributed by atoms with E-state index in [2.05, 4.69) is 25.0 Å². The van der Waals surface area contributed by atoms with E-state index < -0.39 is 5.82 Å². The molecule has 0 spiro atoms. The van der Waals surface area contributed by atoms with Gasteiger partial charge in [0.25, 0.3) is 0 Å². The summed E-state index contributed by atoms with van der Waals surface area (Å²) >= 11 is 1.51. The minimum absolute atomic E-state index is 0.00449. The van der Waals surface area contributed by atoms with Crippen LogP contribution >= 0.6 is 11.8 Å². The lowest BCUT2D eigenvalue weighted by Crippen LogP contribution is -2.41. The Labute approximate surface area is 167 Å². The van der Waals surface area contributed by atoms with E-state index in [-0.39, 0.29) is 17.9 Å². The molecular formula is C19H21FN6OS. The van der Waals surface area contributed by atoms with Crippen molar-refractivity contribution in [3.05, 3.63) is 42.1 Å². The van der Waals surface area contributed by atoms with Gasteiger partial charge in [-0.05, 0) is 36.8 Å². The minimum Gasteiger partial charge on any atom is -0.356 e. The van der Waals surface area contributed by atoms with Crippen molar-refractivity contribution in [3.8, 4) is 0 Å². The number of piperidine rings is 1. The van der Waals surface area contributed by atoms with E-state index >= 15 is 0 Å². The Morgan fingerprint density at radius 2 is 2.11 bits per heavy atom. The van der Waals surface area contributed by atoms with Gasteiger partial charge >= 0.3 is 0 Å². The number of nitrogens with zero attached hydrogens (tertiary/aromatic N) is 6. The quantitative estimate of drug-likeness (QED) is 0.580. The minimum atomic E-state index is -0.403. The van der Waals surface area contributed by atoms with Crippen molar-refractivity contribution in [2.24, 2.45) is 11.0 Å². The van der Waals surface area contributed by atoms with Gasteiger partial charge in [0.2, 0.25) is 5.91 Å². The summed E-state index contributed by atoms with van der Waals surface area (Å²) in [6, 6.07) is 3.05. The van der Waals surface area contributed by atoms with Gasteiger partial charge in [0.1, 0.15) is 11.6 Å². The molecule has 146 valence electrons. The second kappa shape index (κ2) is 8.22. The Hall–Kier alpha value is -2.55. The van der Waals surface area contributed by atoms with Crippen LogP contribution in [0.5, 0.6) is 0 Å². The number of rotatable bonds is 4. The highest BCUT2D eigenvalue weighted by molar-refractivity contribution is 7.98. The molecule has 1 atom stereocenters. The van der Waals surface area contributed by atoms with Crippen molar-refractivity contribution in [2.75, 3.05) is 24.2 Å². The van der Waals surface area contributed by atoms with Gasteiger partial charge in [0.15, 0.2) is 5.16 Å². The molecule has 2 aliphatic heterocycles. The molecular weight excluding hydrogens is 379 g/mol. The first kappa shape index (κ1) is 18.8. The molecule has 0 aromatic carbocycles. The number of hydrazone groups is 1. The van der Waals surface area contributed by atoms with Gasteiger partial charge in [0, 0.05) is 44.0 Å². The maximum atomic E-state index is 13.5. The van der Waals surface area contributed by atoms with Crippen LogP contribution in [0.25, 0.3) is 0 Å². The van der Waals surface area contributed by atoms with Crippen molar-refractivity contribution < 1.29 is 9.18 Å². The Morgan fingerprint density at radius 1 is 1.29 bits per heavy atom. The number of hydrogen-bond acceptors (Lipinski definition) is 7. The molecule has 0 bridgehead atoms. The molecule has 0 aliphatic carbocycles. The van der Waals surface area contributed by atoms with E-state index in [1.165, 1.54) is 22.8 Å². The van der Waals surface area contributed by atoms with Crippen LogP contribution in [0.15, 0.2) is 41.0 Å². The van der Waals surface area contributed by atoms with Crippen LogP contribution in [0.3, 0.4) is 0 Å². The molecule has 1 saturated heterocycles. The molecule has 1 fully saturated rings. The molecule has 4 heterocycles. The van der Waals surface area contributed by atoms with Gasteiger partial charge in [-0.15, -0.1) is 0 Å². The van der Waals surface area contributed by atoms with Gasteiger partial charge in [-0.2, -0.15) is 5.10 Å². The van der Waals surface area contributed by atoms with Crippen LogP contribution in [-0.4, -0.2) is 51.4 Å². The van der Waals surface area contributed by atoms with Gasteiger partial charge in [-0.25, -0.2) is 19.4 Å². The predicted molar refractivity (Wildman–Crippen MR) is 106 cm³/mol. The number of amides is 1. The molecule has 0 saturated carbocycles. The van der Waals surface area contributed by atoms with Gasteiger partial charge in [-0.1, -0.05) is 11.8 Å². The molecule has 4 rings (SSSR count). The Balaban J connectivity index is 1.41. The van der Waals surface area contributed by atoms with E-state index in [9.17, 15) is 9.18 Å². The van der Waals surface area contributed by atoms with E-state index in [1.54, 1.807) is 18.6 Å². The third-order valence-electron chi connectivity index (χ3n) is 5.14. The molecule has 1 unspecified atom stereocenters. The monoisotopic (exact) mass is 400 g/mol. The highest BCUT2D eigenvalue weighted by Gasteiger charge is 2.35. The van der Waals surface area contributed by atoms with Crippen molar-refractivity contribution in [1.29, 1.82) is 0 Å². The second-order valence-corrected chi connectivity index (χ2v) is 7.61. The Kier molecular flexibility index (Phi) is 5.52. The second-order valence-electron chi connectivity index (χ2n) is 6.83. The highest BCUT2D eigenvalue weighted by atomic mass is 32.2. The van der Waals surface area contributed by atoms with E-state index in [4.69, 9.17) is 0 Å². The summed E-state index contributed by atoms with van der Waals surface area (Å²) in [5.74, 6) is 0.389. The van der Waals surface area contributed by atoms with Gasteiger partial charge in [0.05, 0.1) is 12.2 Å². The molecule has 2 aromatic rings. The summed E-state index contributed by atoms with van der Waals surface area (Å²) in [7, 11) is 0. The zero-order valence-electron chi connectivity index (χ0n) is 15.5. The normalized spacial score (nSPS) is 20.0. The molecule has 2 aromatic heterocycles. The standard InChI is InChI=1S/C19H21FN6OS/c1-28-19-22-6-3-17(24-19)25-8-4-13(5-9-25)18(27)26-16(2-7-23-26)14-10-15(20)12-21-11-14/h3,6-7,10-13,16H,2,4-5,8-9H2,1H3. The first-order chi connectivity index (χ1) is 13.7. The van der Waals surface area contributed by atoms with Crippen molar-refractivity contribution in [1.82, 2.24) is 20.0 Å². The average molecular weight is 400 g/mol. The number of aromatic nitrogens is 3. The Morgan fingerprint density at radius 3 is 2.86 bits per heavy atom. The topological polar surface area (TPSA) is 74.6 Å². The van der Waals surface area contributed by atoms with Crippen LogP contribution in [0.4, 0.5) is 10.2 Å². The fourth-order valence-electron chi connectivity index (χ4n) is 3.66. The lowest BCUT2D eigenvalue weighted by molar-refractivity contribution is -0.138. The molecule has 1 amide bonds. The van der Waals surface area contributed by atoms with E-state index in [1.807, 2.05) is 12.3 Å². The maximum absolute atomic E-state index is 13.5. The molecule has 9 heteroatoms. The summed E-state index contributed by atoms with van der Waals surface area (Å²) in [6.45, 7) is 1.51. The fourth-order valence-corrected chi connectivity index (χ4v) is 4.01. The summed E-state index contributed by atoms with van der Waals surface area (Å²) in [5, 5.41) is 6.52. The predicted octanol–water partition coefficient (Wildman–Crippen LogP) is 2.91. The molecule has 0 N–H and O–H groups in total. The molecule has 7 nitrogen and oxygen atoms in total. The van der Waals surface area contributed by atoms with Crippen LogP contribution in [0.2, 0.25) is 0 Å². The summed E-state index contributed by atoms with van der Waals surface area (Å²) in [4.78, 5) is 27.9. The van der Waals surface area contributed by atoms with Crippen LogP contribution in [0.1, 0.15) is 30.9 Å². The number of anilines is 1. The summed E-state index contributed by atoms with van der Waals surface area (Å²) < 4.78 is 13.5. The van der Waals surface area contributed by atoms with Crippen molar-refractivity contribution in [3.63, 3.8) is 0 Å². The largest absolute Gasteiger partial charge is 0.356 e. The summed E-state index contributed by atoms with van der Waals surface area (Å²) in [5.41, 5.74) is 0.675. The molecule has 0 radical (unpaired) electrons. The first-order valence-electron chi connectivity index (χ1n) is 9.23. The fraction of sp³-hybridized carbons (Fsp3) is 0.421. The summed E-state index contributed by atoms with van der Waals surface area (Å²) in [6.07, 6.45) is 10.2. The number of halogens is 1. The van der Waals surface area contributed by atoms with Gasteiger partial charge in [-0.3, -0.25) is 9.78 Å². The van der Waals surface area contributed by atoms with Gasteiger partial charge < -0.3 is 4.90 Å². The van der Waals surface area contributed by atoms with Crippen LogP contribution < -0.4 is 4.90 Å². The maximum Gasteiger partial charge on any atom is 0.246 e. The van der Waals surface area contributed by atoms with Crippen molar-refractivity contribution in [2.45, 2.75) is 30.5 Å². The van der Waals surface area contributed by atoms with Crippen molar-refractivity contribution >= 4 is 29.7 Å². The van der Waals surface area contributed by atoms with Crippen LogP contribution in [0, 0.1) is 11.7 Å². The highest BCUT2D eigenvalue weighted by Crippen LogP contribution is 2.32. The molecule has 28 heavy (non-hydrogen) atoms. The number of thioether (sulfide) groups is 1. The third-order valence-corrected chi connectivity index (χ3v) is 5.70. The third kappa shape index (κ3) is 3.84. The Bertz CT molecular complexity index is 886. The van der Waals surface area contributed by atoms with Crippen LogP contribution in [-0.2, 0) is 4.79 Å². The average Bonchev–Trinajstić information content (AvgIpc) is 3.23. The number of hydrogen-bond donors (Lipinski definition) is 0. The smallest absolute Gasteiger partial charge is 0.246 e. The molecule has 2 aliphatic rings. The zero-order chi connectivity index (χ0) is 19.5. The SMILES string of the molecule is CSc1nccc(N2CCC(C(=O)N3N=CCC3c3cncc(F)c3)CC2)n1. The zero-order valence-corrected chi connectivity index (χ0v) is 16.3. The lowest BCUT2D eigenvalue weighted by Gasteiger charge is -2.34. The lowest BCUT2D eigenvalue weighted by atomic mass is 9.94. The number of carbonyl (C=O) groups excluding carboxylic acids is 1. The van der Waals surface area contributed by atoms with E-state index in [0.717, 1.165) is 43.1 Å². The van der Waals surface area contributed by atoms with E-state index in [0.29, 0.717) is 12.0 Å².